The standard InChI is InChI=1S/C12H19NO4S2/c1-5-7(2)11(12(14)15)13-19(16,17)10-6-8(3)18-9(10)4/h6-7,11,13H,5H2,1-4H3,(H,14,15)/t7?,11-/m0/s1. The molecule has 1 rings (SSSR count). The Morgan fingerprint density at radius 3 is 2.42 bits per heavy atom. The third kappa shape index (κ3) is 3.77. The second kappa shape index (κ2) is 6.02. The lowest BCUT2D eigenvalue weighted by atomic mass is 10.0. The summed E-state index contributed by atoms with van der Waals surface area (Å²) < 4.78 is 26.8. The van der Waals surface area contributed by atoms with Crippen LogP contribution in [0.15, 0.2) is 11.0 Å². The number of carbonyl (C=O) groups is 1. The summed E-state index contributed by atoms with van der Waals surface area (Å²) in [6, 6.07) is 0.465. The number of rotatable bonds is 6. The normalized spacial score (nSPS) is 15.2. The molecule has 0 bridgehead atoms. The van der Waals surface area contributed by atoms with Crippen LogP contribution in [0.1, 0.15) is 30.0 Å². The van der Waals surface area contributed by atoms with Crippen molar-refractivity contribution in [2.75, 3.05) is 0 Å². The van der Waals surface area contributed by atoms with E-state index >= 15 is 0 Å². The predicted molar refractivity (Wildman–Crippen MR) is 75.0 cm³/mol. The molecule has 0 aliphatic rings. The Hall–Kier alpha value is -0.920. The lowest BCUT2D eigenvalue weighted by Gasteiger charge is -2.19. The van der Waals surface area contributed by atoms with E-state index in [0.29, 0.717) is 11.3 Å². The summed E-state index contributed by atoms with van der Waals surface area (Å²) in [5.41, 5.74) is 0. The number of nitrogens with one attached hydrogen (secondary N) is 1. The van der Waals surface area contributed by atoms with Crippen molar-refractivity contribution >= 4 is 27.3 Å². The fourth-order valence-electron chi connectivity index (χ4n) is 1.75. The molecule has 2 N–H and O–H groups in total. The second-order valence-corrected chi connectivity index (χ2v) is 7.74. The number of hydrogen-bond donors (Lipinski definition) is 2. The highest BCUT2D eigenvalue weighted by Gasteiger charge is 2.30. The first-order valence-corrected chi connectivity index (χ1v) is 8.31. The first-order valence-electron chi connectivity index (χ1n) is 6.01. The Morgan fingerprint density at radius 1 is 1.47 bits per heavy atom. The summed E-state index contributed by atoms with van der Waals surface area (Å²) in [4.78, 5) is 12.9. The van der Waals surface area contributed by atoms with Crippen molar-refractivity contribution in [3.63, 3.8) is 0 Å². The lowest BCUT2D eigenvalue weighted by molar-refractivity contribution is -0.140. The number of carboxylic acids is 1. The van der Waals surface area contributed by atoms with Crippen LogP contribution in [-0.4, -0.2) is 25.5 Å². The molecule has 0 saturated carbocycles. The number of hydrogen-bond acceptors (Lipinski definition) is 4. The van der Waals surface area contributed by atoms with E-state index in [0.717, 1.165) is 4.88 Å². The smallest absolute Gasteiger partial charge is 0.322 e. The van der Waals surface area contributed by atoms with Gasteiger partial charge in [0.1, 0.15) is 6.04 Å². The summed E-state index contributed by atoms with van der Waals surface area (Å²) in [6.07, 6.45) is 0.584. The maximum absolute atomic E-state index is 12.2. The van der Waals surface area contributed by atoms with Crippen molar-refractivity contribution in [2.24, 2.45) is 5.92 Å². The Morgan fingerprint density at radius 2 is 2.05 bits per heavy atom. The van der Waals surface area contributed by atoms with Crippen LogP contribution in [0.3, 0.4) is 0 Å². The molecule has 0 fully saturated rings. The molecule has 5 nitrogen and oxygen atoms in total. The second-order valence-electron chi connectivity index (χ2n) is 4.60. The van der Waals surface area contributed by atoms with Crippen LogP contribution in [0.2, 0.25) is 0 Å². The molecule has 7 heteroatoms. The zero-order valence-corrected chi connectivity index (χ0v) is 13.1. The van der Waals surface area contributed by atoms with Gasteiger partial charge in [-0.3, -0.25) is 4.79 Å². The maximum atomic E-state index is 12.2. The summed E-state index contributed by atoms with van der Waals surface area (Å²) >= 11 is 1.38. The Balaban J connectivity index is 3.08. The van der Waals surface area contributed by atoms with Crippen LogP contribution < -0.4 is 4.72 Å². The molecular weight excluding hydrogens is 286 g/mol. The lowest BCUT2D eigenvalue weighted by Crippen LogP contribution is -2.44. The van der Waals surface area contributed by atoms with Gasteiger partial charge in [0.25, 0.3) is 0 Å². The van der Waals surface area contributed by atoms with Gasteiger partial charge in [-0.1, -0.05) is 20.3 Å². The van der Waals surface area contributed by atoms with E-state index in [-0.39, 0.29) is 10.8 Å². The van der Waals surface area contributed by atoms with Gasteiger partial charge in [0, 0.05) is 9.75 Å². The van der Waals surface area contributed by atoms with Crippen molar-refractivity contribution in [2.45, 2.75) is 45.1 Å². The highest BCUT2D eigenvalue weighted by molar-refractivity contribution is 7.89. The molecule has 0 aliphatic heterocycles. The SMILES string of the molecule is CCC(C)[C@H](NS(=O)(=O)c1cc(C)sc1C)C(=O)O. The van der Waals surface area contributed by atoms with E-state index < -0.39 is 22.0 Å². The number of carboxylic acid groups (broad SMARTS) is 1. The zero-order chi connectivity index (χ0) is 14.8. The summed E-state index contributed by atoms with van der Waals surface area (Å²) in [6.45, 7) is 7.08. The fourth-order valence-corrected chi connectivity index (χ4v) is 4.60. The van der Waals surface area contributed by atoms with Crippen LogP contribution in [0, 0.1) is 19.8 Å². The zero-order valence-electron chi connectivity index (χ0n) is 11.4. The average Bonchev–Trinajstić information content (AvgIpc) is 2.65. The quantitative estimate of drug-likeness (QED) is 0.843. The van der Waals surface area contributed by atoms with E-state index in [1.807, 2.05) is 13.8 Å². The molecule has 1 aromatic heterocycles. The van der Waals surface area contributed by atoms with Gasteiger partial charge in [-0.05, 0) is 25.8 Å². The monoisotopic (exact) mass is 305 g/mol. The topological polar surface area (TPSA) is 83.5 Å². The highest BCUT2D eigenvalue weighted by atomic mass is 32.2. The summed E-state index contributed by atoms with van der Waals surface area (Å²) in [5, 5.41) is 9.14. The number of thiophene rings is 1. The van der Waals surface area contributed by atoms with Crippen molar-refractivity contribution in [3.8, 4) is 0 Å². The molecule has 0 radical (unpaired) electrons. The molecule has 1 unspecified atom stereocenters. The Bertz CT molecular complexity index is 562. The van der Waals surface area contributed by atoms with E-state index in [1.165, 1.54) is 11.3 Å². The van der Waals surface area contributed by atoms with Crippen molar-refractivity contribution < 1.29 is 18.3 Å². The largest absolute Gasteiger partial charge is 0.480 e. The van der Waals surface area contributed by atoms with Crippen LogP contribution in [-0.2, 0) is 14.8 Å². The van der Waals surface area contributed by atoms with Gasteiger partial charge in [0.2, 0.25) is 10.0 Å². The minimum Gasteiger partial charge on any atom is -0.480 e. The fraction of sp³-hybridized carbons (Fsp3) is 0.583. The molecule has 2 atom stereocenters. The van der Waals surface area contributed by atoms with Crippen LogP contribution >= 0.6 is 11.3 Å². The summed E-state index contributed by atoms with van der Waals surface area (Å²) in [5.74, 6) is -1.42. The van der Waals surface area contributed by atoms with E-state index in [4.69, 9.17) is 5.11 Å². The molecule has 1 aromatic rings. The minimum absolute atomic E-state index is 0.171. The number of aryl methyl sites for hydroxylation is 2. The third-order valence-electron chi connectivity index (χ3n) is 3.05. The van der Waals surface area contributed by atoms with Crippen LogP contribution in [0.4, 0.5) is 0 Å². The van der Waals surface area contributed by atoms with Gasteiger partial charge in [-0.15, -0.1) is 11.3 Å². The molecule has 0 spiro atoms. The molecule has 1 heterocycles. The third-order valence-corrected chi connectivity index (χ3v) is 5.71. The first kappa shape index (κ1) is 16.1. The van der Waals surface area contributed by atoms with Gasteiger partial charge in [0.05, 0.1) is 4.90 Å². The minimum atomic E-state index is -3.79. The Labute approximate surface area is 117 Å². The van der Waals surface area contributed by atoms with E-state index in [1.54, 1.807) is 19.9 Å². The molecule has 19 heavy (non-hydrogen) atoms. The summed E-state index contributed by atoms with van der Waals surface area (Å²) in [7, 11) is -3.79. The Kier molecular flexibility index (Phi) is 5.11. The van der Waals surface area contributed by atoms with Crippen molar-refractivity contribution in [1.82, 2.24) is 4.72 Å². The van der Waals surface area contributed by atoms with E-state index in [2.05, 4.69) is 4.72 Å². The van der Waals surface area contributed by atoms with E-state index in [9.17, 15) is 13.2 Å². The van der Waals surface area contributed by atoms with Crippen LogP contribution in [0.25, 0.3) is 0 Å². The van der Waals surface area contributed by atoms with Gasteiger partial charge in [-0.25, -0.2) is 8.42 Å². The van der Waals surface area contributed by atoms with Crippen molar-refractivity contribution in [3.05, 3.63) is 15.8 Å². The molecule has 0 saturated heterocycles. The molecule has 108 valence electrons. The molecule has 0 aromatic carbocycles. The molecular formula is C12H19NO4S2. The molecule has 0 amide bonds. The average molecular weight is 305 g/mol. The maximum Gasteiger partial charge on any atom is 0.322 e. The predicted octanol–water partition coefficient (Wildman–Crippen LogP) is 2.14. The van der Waals surface area contributed by atoms with Gasteiger partial charge in [0.15, 0.2) is 0 Å². The van der Waals surface area contributed by atoms with Crippen LogP contribution in [0.5, 0.6) is 0 Å². The van der Waals surface area contributed by atoms with Crippen molar-refractivity contribution in [1.29, 1.82) is 0 Å². The van der Waals surface area contributed by atoms with Gasteiger partial charge in [-0.2, -0.15) is 4.72 Å². The number of sulfonamides is 1. The van der Waals surface area contributed by atoms with Gasteiger partial charge >= 0.3 is 5.97 Å². The number of aliphatic carboxylic acids is 1. The first-order chi connectivity index (χ1) is 8.69. The molecule has 0 aliphatic carbocycles. The highest BCUT2D eigenvalue weighted by Crippen LogP contribution is 2.25. The van der Waals surface area contributed by atoms with Gasteiger partial charge < -0.3 is 5.11 Å².